The van der Waals surface area contributed by atoms with Crippen LogP contribution in [0.5, 0.6) is 5.75 Å². The van der Waals surface area contributed by atoms with Gasteiger partial charge in [-0.15, -0.1) is 0 Å². The molecule has 0 aliphatic heterocycles. The highest BCUT2D eigenvalue weighted by atomic mass is 16.6. The molecule has 2 N–H and O–H groups in total. The van der Waals surface area contributed by atoms with Crippen molar-refractivity contribution in [3.8, 4) is 5.75 Å². The first-order chi connectivity index (χ1) is 8.95. The van der Waals surface area contributed by atoms with Gasteiger partial charge in [-0.3, -0.25) is 19.7 Å². The van der Waals surface area contributed by atoms with E-state index < -0.39 is 17.4 Å². The van der Waals surface area contributed by atoms with Gasteiger partial charge in [0.1, 0.15) is 0 Å². The van der Waals surface area contributed by atoms with Crippen LogP contribution in [-0.2, 0) is 4.79 Å². The lowest BCUT2D eigenvalue weighted by Crippen LogP contribution is -2.20. The Labute approximate surface area is 109 Å². The number of ether oxygens (including phenoxy) is 1. The molecule has 1 amide bonds. The Morgan fingerprint density at radius 3 is 2.63 bits per heavy atom. The van der Waals surface area contributed by atoms with Crippen molar-refractivity contribution in [1.29, 1.82) is 0 Å². The second kappa shape index (κ2) is 6.48. The van der Waals surface area contributed by atoms with Crippen LogP contribution >= 0.6 is 0 Å². The normalized spacial score (nSPS) is 9.95. The fraction of sp³-hybridized carbons (Fsp3) is 0.333. The van der Waals surface area contributed by atoms with E-state index in [4.69, 9.17) is 10.5 Å². The summed E-state index contributed by atoms with van der Waals surface area (Å²) in [6, 6.07) is 3.87. The maximum absolute atomic E-state index is 11.7. The largest absolute Gasteiger partial charge is 0.477 e. The number of hydrogen-bond donors (Lipinski definition) is 1. The molecule has 1 aromatic carbocycles. The molecule has 0 saturated carbocycles. The van der Waals surface area contributed by atoms with E-state index in [2.05, 4.69) is 0 Å². The van der Waals surface area contributed by atoms with Crippen molar-refractivity contribution < 1.29 is 19.2 Å². The van der Waals surface area contributed by atoms with Gasteiger partial charge in [0.2, 0.25) is 0 Å². The van der Waals surface area contributed by atoms with Crippen molar-refractivity contribution in [2.24, 2.45) is 5.73 Å². The van der Waals surface area contributed by atoms with E-state index in [0.29, 0.717) is 12.8 Å². The summed E-state index contributed by atoms with van der Waals surface area (Å²) in [6.45, 7) is 1.39. The Morgan fingerprint density at radius 2 is 2.11 bits per heavy atom. The number of benzene rings is 1. The standard InChI is InChI=1S/C12H14N2O5/c1-2-3-10(15)8-4-5-11(19-7-12(13)16)9(6-8)14(17)18/h4-6H,2-3,7H2,1H3,(H2,13,16). The molecule has 19 heavy (non-hydrogen) atoms. The molecule has 0 aliphatic carbocycles. The fourth-order valence-corrected chi connectivity index (χ4v) is 1.48. The number of nitrogens with two attached hydrogens (primary N) is 1. The van der Waals surface area contributed by atoms with Crippen LogP contribution in [0.2, 0.25) is 0 Å². The molecular weight excluding hydrogens is 252 g/mol. The minimum Gasteiger partial charge on any atom is -0.477 e. The third-order valence-corrected chi connectivity index (χ3v) is 2.32. The van der Waals surface area contributed by atoms with Crippen LogP contribution in [0.4, 0.5) is 5.69 Å². The molecule has 0 aromatic heterocycles. The SMILES string of the molecule is CCCC(=O)c1ccc(OCC(N)=O)c([N+](=O)[O-])c1. The maximum atomic E-state index is 11.7. The zero-order chi connectivity index (χ0) is 14.4. The summed E-state index contributed by atoms with van der Waals surface area (Å²) < 4.78 is 4.93. The molecule has 7 heteroatoms. The van der Waals surface area contributed by atoms with Gasteiger partial charge >= 0.3 is 5.69 Å². The molecule has 0 fully saturated rings. The molecule has 0 atom stereocenters. The van der Waals surface area contributed by atoms with Gasteiger partial charge in [0.25, 0.3) is 5.91 Å². The van der Waals surface area contributed by atoms with Crippen LogP contribution < -0.4 is 10.5 Å². The lowest BCUT2D eigenvalue weighted by Gasteiger charge is -2.06. The first-order valence-electron chi connectivity index (χ1n) is 5.68. The third kappa shape index (κ3) is 4.06. The number of nitrogens with zero attached hydrogens (tertiary/aromatic N) is 1. The smallest absolute Gasteiger partial charge is 0.311 e. The highest BCUT2D eigenvalue weighted by Crippen LogP contribution is 2.28. The van der Waals surface area contributed by atoms with Crippen molar-refractivity contribution in [1.82, 2.24) is 0 Å². The van der Waals surface area contributed by atoms with Gasteiger partial charge in [0.05, 0.1) is 4.92 Å². The Kier molecular flexibility index (Phi) is 4.99. The number of nitro groups is 1. The van der Waals surface area contributed by atoms with Gasteiger partial charge in [-0.25, -0.2) is 0 Å². The topological polar surface area (TPSA) is 113 Å². The van der Waals surface area contributed by atoms with E-state index in [-0.39, 0.29) is 22.8 Å². The van der Waals surface area contributed by atoms with E-state index in [0.717, 1.165) is 6.07 Å². The van der Waals surface area contributed by atoms with Gasteiger partial charge in [0.15, 0.2) is 18.1 Å². The number of rotatable bonds is 7. The number of nitro benzene ring substituents is 1. The summed E-state index contributed by atoms with van der Waals surface area (Å²) in [7, 11) is 0. The van der Waals surface area contributed by atoms with Crippen molar-refractivity contribution >= 4 is 17.4 Å². The quantitative estimate of drug-likeness (QED) is 0.455. The average Bonchev–Trinajstić information content (AvgIpc) is 2.36. The molecule has 0 aliphatic rings. The van der Waals surface area contributed by atoms with Crippen molar-refractivity contribution in [3.63, 3.8) is 0 Å². The molecule has 0 spiro atoms. The van der Waals surface area contributed by atoms with Crippen LogP contribution in [0.15, 0.2) is 18.2 Å². The molecule has 0 radical (unpaired) electrons. The second-order valence-corrected chi connectivity index (χ2v) is 3.87. The van der Waals surface area contributed by atoms with Gasteiger partial charge in [0, 0.05) is 18.1 Å². The number of hydrogen-bond acceptors (Lipinski definition) is 5. The van der Waals surface area contributed by atoms with E-state index in [1.54, 1.807) is 0 Å². The van der Waals surface area contributed by atoms with E-state index >= 15 is 0 Å². The zero-order valence-corrected chi connectivity index (χ0v) is 10.4. The fourth-order valence-electron chi connectivity index (χ4n) is 1.48. The average molecular weight is 266 g/mol. The lowest BCUT2D eigenvalue weighted by atomic mass is 10.1. The van der Waals surface area contributed by atoms with Gasteiger partial charge < -0.3 is 10.5 Å². The molecule has 0 saturated heterocycles. The molecule has 1 rings (SSSR count). The Bertz CT molecular complexity index is 513. The van der Waals surface area contributed by atoms with Crippen molar-refractivity contribution in [2.75, 3.05) is 6.61 Å². The summed E-state index contributed by atoms with van der Waals surface area (Å²) in [5.74, 6) is -0.996. The first-order valence-corrected chi connectivity index (χ1v) is 5.68. The number of amides is 1. The Hall–Kier alpha value is -2.44. The second-order valence-electron chi connectivity index (χ2n) is 3.87. The highest BCUT2D eigenvalue weighted by Gasteiger charge is 2.18. The van der Waals surface area contributed by atoms with Crippen LogP contribution in [-0.4, -0.2) is 23.2 Å². The van der Waals surface area contributed by atoms with E-state index in [1.807, 2.05) is 6.92 Å². The Balaban J connectivity index is 3.04. The molecule has 1 aromatic rings. The van der Waals surface area contributed by atoms with E-state index in [9.17, 15) is 19.7 Å². The van der Waals surface area contributed by atoms with E-state index in [1.165, 1.54) is 12.1 Å². The lowest BCUT2D eigenvalue weighted by molar-refractivity contribution is -0.385. The molecule has 102 valence electrons. The van der Waals surface area contributed by atoms with Crippen LogP contribution in [0.3, 0.4) is 0 Å². The minimum atomic E-state index is -0.736. The Morgan fingerprint density at radius 1 is 1.42 bits per heavy atom. The monoisotopic (exact) mass is 266 g/mol. The molecule has 7 nitrogen and oxygen atoms in total. The number of ketones is 1. The molecule has 0 bridgehead atoms. The predicted molar refractivity (Wildman–Crippen MR) is 67.0 cm³/mol. The predicted octanol–water partition coefficient (Wildman–Crippen LogP) is 1.44. The number of primary amides is 1. The summed E-state index contributed by atoms with van der Waals surface area (Å²) >= 11 is 0. The van der Waals surface area contributed by atoms with Crippen molar-refractivity contribution in [2.45, 2.75) is 19.8 Å². The van der Waals surface area contributed by atoms with Crippen LogP contribution in [0.1, 0.15) is 30.1 Å². The van der Waals surface area contributed by atoms with Gasteiger partial charge in [-0.05, 0) is 18.6 Å². The third-order valence-electron chi connectivity index (χ3n) is 2.32. The summed E-state index contributed by atoms with van der Waals surface area (Å²) in [5, 5.41) is 10.9. The van der Waals surface area contributed by atoms with Gasteiger partial charge in [-0.2, -0.15) is 0 Å². The van der Waals surface area contributed by atoms with Crippen molar-refractivity contribution in [3.05, 3.63) is 33.9 Å². The van der Waals surface area contributed by atoms with Crippen LogP contribution in [0.25, 0.3) is 0 Å². The molecule has 0 unspecified atom stereocenters. The number of carbonyl (C=O) groups excluding carboxylic acids is 2. The zero-order valence-electron chi connectivity index (χ0n) is 10.4. The van der Waals surface area contributed by atoms with Gasteiger partial charge in [-0.1, -0.05) is 6.92 Å². The maximum Gasteiger partial charge on any atom is 0.311 e. The number of carbonyl (C=O) groups is 2. The number of Topliss-reactive ketones (excluding diaryl/α,β-unsaturated/α-hetero) is 1. The first kappa shape index (κ1) is 14.6. The molecular formula is C12H14N2O5. The summed E-state index contributed by atoms with van der Waals surface area (Å²) in [6.07, 6.45) is 0.977. The van der Waals surface area contributed by atoms with Crippen LogP contribution in [0, 0.1) is 10.1 Å². The summed E-state index contributed by atoms with van der Waals surface area (Å²) in [5.41, 5.74) is 4.79. The highest BCUT2D eigenvalue weighted by molar-refractivity contribution is 5.96. The summed E-state index contributed by atoms with van der Waals surface area (Å²) in [4.78, 5) is 32.5. The minimum absolute atomic E-state index is 0.0863. The molecule has 0 heterocycles.